The summed E-state index contributed by atoms with van der Waals surface area (Å²) >= 11 is 0. The molecule has 0 saturated heterocycles. The summed E-state index contributed by atoms with van der Waals surface area (Å²) in [7, 11) is 0. The molecule has 0 aromatic carbocycles. The van der Waals surface area contributed by atoms with E-state index in [2.05, 4.69) is 6.92 Å². The molecule has 0 unspecified atom stereocenters. The van der Waals surface area contributed by atoms with Gasteiger partial charge in [-0.2, -0.15) is 0 Å². The Morgan fingerprint density at radius 2 is 1.39 bits per heavy atom. The molecular weight excluding hydrogens is 228 g/mol. The number of unbranched alkanes of at least 4 members (excludes halogenated alkanes) is 6. The molecule has 1 rings (SSSR count). The molecule has 3 N–H and O–H groups in total. The van der Waals surface area contributed by atoms with Crippen LogP contribution in [-0.4, -0.2) is 34.1 Å². The molecule has 0 aliphatic heterocycles. The van der Waals surface area contributed by atoms with Gasteiger partial charge in [-0.05, 0) is 18.8 Å². The van der Waals surface area contributed by atoms with E-state index in [0.717, 1.165) is 19.3 Å². The molecule has 1 saturated carbocycles. The van der Waals surface area contributed by atoms with E-state index in [1.54, 1.807) is 0 Å². The van der Waals surface area contributed by atoms with Gasteiger partial charge < -0.3 is 15.3 Å². The van der Waals surface area contributed by atoms with Crippen molar-refractivity contribution in [2.24, 2.45) is 11.8 Å². The maximum absolute atomic E-state index is 9.87. The van der Waals surface area contributed by atoms with Gasteiger partial charge in [0.15, 0.2) is 0 Å². The van der Waals surface area contributed by atoms with Gasteiger partial charge >= 0.3 is 0 Å². The molecule has 0 radical (unpaired) electrons. The Labute approximate surface area is 111 Å². The van der Waals surface area contributed by atoms with Crippen molar-refractivity contribution in [3.8, 4) is 0 Å². The minimum Gasteiger partial charge on any atom is -0.396 e. The molecule has 1 aliphatic carbocycles. The van der Waals surface area contributed by atoms with Crippen LogP contribution in [-0.2, 0) is 0 Å². The zero-order valence-electron chi connectivity index (χ0n) is 11.7. The van der Waals surface area contributed by atoms with Gasteiger partial charge in [-0.1, -0.05) is 51.9 Å². The fourth-order valence-electron chi connectivity index (χ4n) is 3.06. The molecule has 0 heterocycles. The lowest BCUT2D eigenvalue weighted by Gasteiger charge is -2.16. The lowest BCUT2D eigenvalue weighted by molar-refractivity contribution is -0.00714. The number of hydrogen-bond donors (Lipinski definition) is 3. The second kappa shape index (κ2) is 8.89. The Hall–Kier alpha value is -0.120. The minimum absolute atomic E-state index is 0.00819. The van der Waals surface area contributed by atoms with Gasteiger partial charge in [0.05, 0.1) is 12.2 Å². The van der Waals surface area contributed by atoms with E-state index < -0.39 is 12.2 Å². The lowest BCUT2D eigenvalue weighted by Crippen LogP contribution is -2.29. The van der Waals surface area contributed by atoms with Crippen molar-refractivity contribution in [1.82, 2.24) is 0 Å². The van der Waals surface area contributed by atoms with Crippen LogP contribution in [0.15, 0.2) is 0 Å². The number of hydrogen-bond acceptors (Lipinski definition) is 3. The normalized spacial score (nSPS) is 32.0. The second-order valence-corrected chi connectivity index (χ2v) is 5.83. The fraction of sp³-hybridized carbons (Fsp3) is 1.00. The highest BCUT2D eigenvalue weighted by atomic mass is 16.3. The molecule has 0 aromatic heterocycles. The SMILES string of the molecule is CCCCCCCCC[C@H]1C[C@@H](CO)[C@H](O)[C@H]1O. The summed E-state index contributed by atoms with van der Waals surface area (Å²) in [4.78, 5) is 0. The van der Waals surface area contributed by atoms with E-state index in [-0.39, 0.29) is 18.4 Å². The summed E-state index contributed by atoms with van der Waals surface area (Å²) in [6, 6.07) is 0. The number of aliphatic hydroxyl groups excluding tert-OH is 3. The van der Waals surface area contributed by atoms with E-state index in [9.17, 15) is 10.2 Å². The van der Waals surface area contributed by atoms with E-state index in [0.29, 0.717) is 0 Å². The van der Waals surface area contributed by atoms with Crippen molar-refractivity contribution < 1.29 is 15.3 Å². The molecule has 1 fully saturated rings. The monoisotopic (exact) mass is 258 g/mol. The highest BCUT2D eigenvalue weighted by Crippen LogP contribution is 2.34. The molecule has 108 valence electrons. The summed E-state index contributed by atoms with van der Waals surface area (Å²) in [5.74, 6) is 0.0716. The molecule has 0 amide bonds. The van der Waals surface area contributed by atoms with Gasteiger partial charge in [-0.3, -0.25) is 0 Å². The maximum atomic E-state index is 9.87. The second-order valence-electron chi connectivity index (χ2n) is 5.83. The van der Waals surface area contributed by atoms with E-state index in [1.807, 2.05) is 0 Å². The van der Waals surface area contributed by atoms with Gasteiger partial charge in [-0.15, -0.1) is 0 Å². The van der Waals surface area contributed by atoms with Crippen LogP contribution in [0.1, 0.15) is 64.7 Å². The molecule has 0 aromatic rings. The first kappa shape index (κ1) is 15.9. The zero-order valence-corrected chi connectivity index (χ0v) is 11.7. The van der Waals surface area contributed by atoms with Gasteiger partial charge in [-0.25, -0.2) is 0 Å². The Balaban J connectivity index is 2.05. The van der Waals surface area contributed by atoms with Crippen molar-refractivity contribution in [1.29, 1.82) is 0 Å². The largest absolute Gasteiger partial charge is 0.396 e. The standard InChI is InChI=1S/C15H30O3/c1-2-3-4-5-6-7-8-9-12-10-13(11-16)15(18)14(12)17/h12-18H,2-11H2,1H3/t12-,13-,14-,15-/m0/s1. The highest BCUT2D eigenvalue weighted by Gasteiger charge is 2.40. The van der Waals surface area contributed by atoms with Crippen LogP contribution < -0.4 is 0 Å². The minimum atomic E-state index is -0.718. The third-order valence-corrected chi connectivity index (χ3v) is 4.33. The molecule has 1 aliphatic rings. The number of rotatable bonds is 9. The maximum Gasteiger partial charge on any atom is 0.0851 e. The van der Waals surface area contributed by atoms with Crippen LogP contribution in [0.5, 0.6) is 0 Å². The predicted molar refractivity (Wildman–Crippen MR) is 73.3 cm³/mol. The Bertz CT molecular complexity index is 208. The van der Waals surface area contributed by atoms with Crippen molar-refractivity contribution in [3.05, 3.63) is 0 Å². The first-order valence-corrected chi connectivity index (χ1v) is 7.67. The third-order valence-electron chi connectivity index (χ3n) is 4.33. The van der Waals surface area contributed by atoms with Gasteiger partial charge in [0.25, 0.3) is 0 Å². The predicted octanol–water partition coefficient (Wildman–Crippen LogP) is 2.48. The van der Waals surface area contributed by atoms with Crippen LogP contribution in [0.4, 0.5) is 0 Å². The quantitative estimate of drug-likeness (QED) is 0.557. The zero-order chi connectivity index (χ0) is 13.4. The van der Waals surface area contributed by atoms with E-state index in [4.69, 9.17) is 5.11 Å². The molecular formula is C15H30O3. The molecule has 4 atom stereocenters. The summed E-state index contributed by atoms with van der Waals surface area (Å²) in [5, 5.41) is 28.7. The van der Waals surface area contributed by atoms with E-state index in [1.165, 1.54) is 38.5 Å². The van der Waals surface area contributed by atoms with Crippen molar-refractivity contribution in [2.75, 3.05) is 6.61 Å². The molecule has 0 bridgehead atoms. The molecule has 0 spiro atoms. The Morgan fingerprint density at radius 1 is 0.833 bits per heavy atom. The lowest BCUT2D eigenvalue weighted by atomic mass is 9.96. The first-order valence-electron chi connectivity index (χ1n) is 7.67. The smallest absolute Gasteiger partial charge is 0.0851 e. The first-order chi connectivity index (χ1) is 8.70. The number of aliphatic hydroxyl groups is 3. The van der Waals surface area contributed by atoms with Crippen LogP contribution in [0.25, 0.3) is 0 Å². The topological polar surface area (TPSA) is 60.7 Å². The van der Waals surface area contributed by atoms with Crippen molar-refractivity contribution >= 4 is 0 Å². The summed E-state index contributed by atoms with van der Waals surface area (Å²) in [6.07, 6.45) is 9.36. The fourth-order valence-corrected chi connectivity index (χ4v) is 3.06. The van der Waals surface area contributed by atoms with Crippen molar-refractivity contribution in [3.63, 3.8) is 0 Å². The van der Waals surface area contributed by atoms with Crippen molar-refractivity contribution in [2.45, 2.75) is 76.9 Å². The Kier molecular flexibility index (Phi) is 7.87. The Morgan fingerprint density at radius 3 is 1.94 bits per heavy atom. The average Bonchev–Trinajstić information content (AvgIpc) is 2.65. The third kappa shape index (κ3) is 4.87. The average molecular weight is 258 g/mol. The summed E-state index contributed by atoms with van der Waals surface area (Å²) in [6.45, 7) is 2.22. The van der Waals surface area contributed by atoms with Crippen LogP contribution in [0.2, 0.25) is 0 Å². The van der Waals surface area contributed by atoms with Gasteiger partial charge in [0, 0.05) is 12.5 Å². The molecule has 3 nitrogen and oxygen atoms in total. The van der Waals surface area contributed by atoms with Crippen LogP contribution in [0.3, 0.4) is 0 Å². The summed E-state index contributed by atoms with van der Waals surface area (Å²) < 4.78 is 0. The molecule has 3 heteroatoms. The van der Waals surface area contributed by atoms with Gasteiger partial charge in [0.1, 0.15) is 0 Å². The summed E-state index contributed by atoms with van der Waals surface area (Å²) in [5.41, 5.74) is 0. The van der Waals surface area contributed by atoms with Gasteiger partial charge in [0.2, 0.25) is 0 Å². The van der Waals surface area contributed by atoms with Crippen LogP contribution >= 0.6 is 0 Å². The highest BCUT2D eigenvalue weighted by molar-refractivity contribution is 4.90. The molecule has 18 heavy (non-hydrogen) atoms. The van der Waals surface area contributed by atoms with Crippen LogP contribution in [0, 0.1) is 11.8 Å². The van der Waals surface area contributed by atoms with E-state index >= 15 is 0 Å².